The molecule has 2 atom stereocenters. The third kappa shape index (κ3) is 2.05. The van der Waals surface area contributed by atoms with Gasteiger partial charge in [0.1, 0.15) is 0 Å². The summed E-state index contributed by atoms with van der Waals surface area (Å²) in [7, 11) is 2.90. The first-order chi connectivity index (χ1) is 13.1. The molecule has 9 heteroatoms. The van der Waals surface area contributed by atoms with Crippen LogP contribution in [0.2, 0.25) is 0 Å². The van der Waals surface area contributed by atoms with Gasteiger partial charge in [-0.25, -0.2) is 4.79 Å². The molecule has 4 aliphatic rings. The minimum absolute atomic E-state index is 0.0252. The van der Waals surface area contributed by atoms with Crippen molar-refractivity contribution >= 4 is 11.9 Å². The topological polar surface area (TPSA) is 98.8 Å². The molecule has 9 nitrogen and oxygen atoms in total. The maximum Gasteiger partial charge on any atom is 0.346 e. The van der Waals surface area contributed by atoms with Gasteiger partial charge in [0, 0.05) is 5.56 Å². The van der Waals surface area contributed by atoms with E-state index in [1.54, 1.807) is 6.08 Å². The van der Waals surface area contributed by atoms with Gasteiger partial charge in [0.15, 0.2) is 23.0 Å². The zero-order valence-electron chi connectivity index (χ0n) is 14.4. The number of fused-ring (bicyclic) bond motifs is 6. The molecule has 0 saturated heterocycles. The number of methoxy groups -OCH3 is 2. The number of allylic oxidation sites excluding steroid dienone is 1. The maximum atomic E-state index is 12.7. The summed E-state index contributed by atoms with van der Waals surface area (Å²) in [6.45, 7) is -0.0619. The van der Waals surface area contributed by atoms with Crippen molar-refractivity contribution in [1.29, 1.82) is 0 Å². The first-order valence-corrected chi connectivity index (χ1v) is 8.16. The quantitative estimate of drug-likeness (QED) is 0.564. The van der Waals surface area contributed by atoms with Crippen LogP contribution in [0.1, 0.15) is 21.8 Å². The van der Waals surface area contributed by atoms with Crippen LogP contribution in [-0.4, -0.2) is 39.7 Å². The van der Waals surface area contributed by atoms with E-state index in [4.69, 9.17) is 33.2 Å². The fraction of sp³-hybridized carbons (Fsp3) is 0.333. The summed E-state index contributed by atoms with van der Waals surface area (Å²) in [5.41, 5.74) is 0.585. The molecule has 3 heterocycles. The number of ether oxygens (including phenoxy) is 7. The molecule has 0 radical (unpaired) electrons. The predicted molar refractivity (Wildman–Crippen MR) is 84.9 cm³/mol. The van der Waals surface area contributed by atoms with E-state index in [0.29, 0.717) is 40.1 Å². The average molecular weight is 374 g/mol. The van der Waals surface area contributed by atoms with E-state index >= 15 is 0 Å². The standard InChI is InChI=1S/C18H14O9/c1-21-9-3-7-11(15-13(9)23-5-25-15)12-8(18(20)27-17(7)19)4-10(22-2)14-16(12)26-6-24-14/h3-4,7,11H,5-6H2,1-2H3. The van der Waals surface area contributed by atoms with Crippen molar-refractivity contribution in [2.45, 2.75) is 5.92 Å². The van der Waals surface area contributed by atoms with E-state index in [1.807, 2.05) is 0 Å². The molecular weight excluding hydrogens is 360 g/mol. The normalized spacial score (nSPS) is 24.6. The number of benzene rings is 1. The van der Waals surface area contributed by atoms with Gasteiger partial charge in [-0.2, -0.15) is 0 Å². The molecule has 3 aliphatic heterocycles. The molecule has 0 N–H and O–H groups in total. The van der Waals surface area contributed by atoms with Gasteiger partial charge in [0.05, 0.1) is 31.6 Å². The predicted octanol–water partition coefficient (Wildman–Crippen LogP) is 1.58. The molecule has 0 aromatic heterocycles. The summed E-state index contributed by atoms with van der Waals surface area (Å²) >= 11 is 0. The lowest BCUT2D eigenvalue weighted by atomic mass is 9.78. The van der Waals surface area contributed by atoms with Gasteiger partial charge < -0.3 is 33.2 Å². The highest BCUT2D eigenvalue weighted by Crippen LogP contribution is 2.55. The van der Waals surface area contributed by atoms with Crippen LogP contribution >= 0.6 is 0 Å². The van der Waals surface area contributed by atoms with E-state index in [-0.39, 0.29) is 19.1 Å². The molecule has 1 aromatic carbocycles. The Morgan fingerprint density at radius 3 is 2.56 bits per heavy atom. The second-order valence-electron chi connectivity index (χ2n) is 6.15. The Morgan fingerprint density at radius 2 is 1.78 bits per heavy atom. The molecule has 0 saturated carbocycles. The van der Waals surface area contributed by atoms with E-state index in [9.17, 15) is 9.59 Å². The summed E-state index contributed by atoms with van der Waals surface area (Å²) in [6.07, 6.45) is 1.56. The highest BCUT2D eigenvalue weighted by molar-refractivity contribution is 6.03. The van der Waals surface area contributed by atoms with Crippen LogP contribution in [-0.2, 0) is 23.7 Å². The summed E-state index contributed by atoms with van der Waals surface area (Å²) in [6, 6.07) is 1.48. The van der Waals surface area contributed by atoms with Crippen LogP contribution in [0.15, 0.2) is 29.4 Å². The number of carbonyl (C=O) groups excluding carboxylic acids is 2. The lowest BCUT2D eigenvalue weighted by molar-refractivity contribution is -0.141. The molecule has 5 rings (SSSR count). The van der Waals surface area contributed by atoms with E-state index in [2.05, 4.69) is 0 Å². The molecular formula is C18H14O9. The third-order valence-electron chi connectivity index (χ3n) is 4.92. The minimum atomic E-state index is -0.854. The number of hydrogen-bond acceptors (Lipinski definition) is 9. The molecule has 0 bridgehead atoms. The molecule has 140 valence electrons. The van der Waals surface area contributed by atoms with Crippen molar-refractivity contribution in [2.75, 3.05) is 27.8 Å². The maximum absolute atomic E-state index is 12.7. The van der Waals surface area contributed by atoms with Crippen LogP contribution in [0.3, 0.4) is 0 Å². The molecule has 1 aliphatic carbocycles. The first-order valence-electron chi connectivity index (χ1n) is 8.16. The molecule has 1 aromatic rings. The monoisotopic (exact) mass is 374 g/mol. The van der Waals surface area contributed by atoms with Crippen molar-refractivity contribution in [3.8, 4) is 17.2 Å². The Kier molecular flexibility index (Phi) is 3.27. The van der Waals surface area contributed by atoms with Crippen LogP contribution < -0.4 is 14.2 Å². The van der Waals surface area contributed by atoms with Gasteiger partial charge in [-0.3, -0.25) is 4.79 Å². The molecule has 2 unspecified atom stereocenters. The fourth-order valence-corrected chi connectivity index (χ4v) is 3.79. The van der Waals surface area contributed by atoms with Gasteiger partial charge in [-0.05, 0) is 12.1 Å². The van der Waals surface area contributed by atoms with E-state index in [0.717, 1.165) is 0 Å². The van der Waals surface area contributed by atoms with Crippen molar-refractivity contribution in [3.63, 3.8) is 0 Å². The first kappa shape index (κ1) is 15.9. The Hall–Kier alpha value is -3.36. The average Bonchev–Trinajstić information content (AvgIpc) is 3.33. The largest absolute Gasteiger partial charge is 0.493 e. The summed E-state index contributed by atoms with van der Waals surface area (Å²) < 4.78 is 38.0. The van der Waals surface area contributed by atoms with Gasteiger partial charge in [-0.15, -0.1) is 0 Å². The second kappa shape index (κ2) is 5.57. The van der Waals surface area contributed by atoms with Gasteiger partial charge in [0.25, 0.3) is 0 Å². The third-order valence-corrected chi connectivity index (χ3v) is 4.92. The number of cyclic esters (lactones) is 2. The molecule has 0 amide bonds. The summed E-state index contributed by atoms with van der Waals surface area (Å²) in [5.74, 6) is -0.944. The molecule has 27 heavy (non-hydrogen) atoms. The summed E-state index contributed by atoms with van der Waals surface area (Å²) in [5, 5.41) is 0. The molecule has 0 spiro atoms. The smallest absolute Gasteiger partial charge is 0.346 e. The second-order valence-corrected chi connectivity index (χ2v) is 6.15. The Bertz CT molecular complexity index is 943. The lowest BCUT2D eigenvalue weighted by Crippen LogP contribution is -2.26. The Morgan fingerprint density at radius 1 is 1.00 bits per heavy atom. The SMILES string of the molecule is COC1=CC2C(=O)OC(=O)c3cc(OC)c4c(c3C2C2=C1OCO2)OCO4. The van der Waals surface area contributed by atoms with Crippen LogP contribution in [0.4, 0.5) is 0 Å². The Labute approximate surface area is 153 Å². The lowest BCUT2D eigenvalue weighted by Gasteiger charge is -2.27. The number of esters is 2. The number of rotatable bonds is 2. The van der Waals surface area contributed by atoms with Crippen LogP contribution in [0, 0.1) is 5.92 Å². The van der Waals surface area contributed by atoms with Crippen LogP contribution in [0.25, 0.3) is 0 Å². The number of carbonyl (C=O) groups is 2. The Balaban J connectivity index is 1.81. The van der Waals surface area contributed by atoms with E-state index < -0.39 is 23.8 Å². The highest BCUT2D eigenvalue weighted by atomic mass is 16.7. The zero-order valence-corrected chi connectivity index (χ0v) is 14.4. The minimum Gasteiger partial charge on any atom is -0.493 e. The summed E-state index contributed by atoms with van der Waals surface area (Å²) in [4.78, 5) is 25.3. The van der Waals surface area contributed by atoms with Gasteiger partial charge in [0.2, 0.25) is 25.1 Å². The highest BCUT2D eigenvalue weighted by Gasteiger charge is 2.50. The fourth-order valence-electron chi connectivity index (χ4n) is 3.79. The molecule has 0 fully saturated rings. The van der Waals surface area contributed by atoms with Gasteiger partial charge >= 0.3 is 11.9 Å². The van der Waals surface area contributed by atoms with Crippen molar-refractivity contribution in [2.24, 2.45) is 5.92 Å². The van der Waals surface area contributed by atoms with E-state index in [1.165, 1.54) is 20.3 Å². The van der Waals surface area contributed by atoms with Crippen LogP contribution in [0.5, 0.6) is 17.2 Å². The van der Waals surface area contributed by atoms with Crippen molar-refractivity contribution in [3.05, 3.63) is 40.5 Å². The number of hydrogen-bond donors (Lipinski definition) is 0. The van der Waals surface area contributed by atoms with Crippen molar-refractivity contribution < 1.29 is 42.7 Å². The van der Waals surface area contributed by atoms with Crippen molar-refractivity contribution in [1.82, 2.24) is 0 Å². The zero-order chi connectivity index (χ0) is 18.7. The van der Waals surface area contributed by atoms with Gasteiger partial charge in [-0.1, -0.05) is 0 Å².